The molecule has 5 heteroatoms. The maximum Gasteiger partial charge on any atom is 0.264 e. The molecule has 0 bridgehead atoms. The first-order valence-corrected chi connectivity index (χ1v) is 6.30. The lowest BCUT2D eigenvalue weighted by molar-refractivity contribution is 0.419. The van der Waals surface area contributed by atoms with Crippen molar-refractivity contribution in [1.82, 2.24) is 9.55 Å². The monoisotopic (exact) mass is 330 g/mol. The van der Waals surface area contributed by atoms with Gasteiger partial charge in [-0.2, -0.15) is 0 Å². The molecule has 0 amide bonds. The van der Waals surface area contributed by atoms with Gasteiger partial charge in [-0.1, -0.05) is 28.7 Å². The van der Waals surface area contributed by atoms with Crippen molar-refractivity contribution in [2.45, 2.75) is 4.43 Å². The number of methoxy groups -OCH3 is 1. The summed E-state index contributed by atoms with van der Waals surface area (Å²) in [7, 11) is 3.29. The van der Waals surface area contributed by atoms with Crippen LogP contribution in [0.2, 0.25) is 0 Å². The lowest BCUT2D eigenvalue weighted by Gasteiger charge is -2.09. The molecular weight excluding hydrogens is 319 g/mol. The van der Waals surface area contributed by atoms with Gasteiger partial charge in [-0.15, -0.1) is 0 Å². The number of ether oxygens (including phenoxy) is 1. The van der Waals surface area contributed by atoms with Crippen LogP contribution in [0.1, 0.15) is 5.82 Å². The third-order valence-corrected chi connectivity index (χ3v) is 3.18. The van der Waals surface area contributed by atoms with Gasteiger partial charge in [0.05, 0.1) is 17.1 Å². The minimum atomic E-state index is -0.0610. The predicted octanol–water partition coefficient (Wildman–Crippen LogP) is 1.88. The minimum absolute atomic E-state index is 0.0610. The number of aromatic nitrogens is 2. The summed E-state index contributed by atoms with van der Waals surface area (Å²) in [5.74, 6) is 1.34. The quantitative estimate of drug-likeness (QED) is 0.624. The summed E-state index contributed by atoms with van der Waals surface area (Å²) in [6, 6.07) is 5.44. The van der Waals surface area contributed by atoms with Gasteiger partial charge in [-0.3, -0.25) is 9.36 Å². The van der Waals surface area contributed by atoms with Crippen LogP contribution >= 0.6 is 22.6 Å². The Labute approximate surface area is 106 Å². The second-order valence-corrected chi connectivity index (χ2v) is 4.14. The Kier molecular flexibility index (Phi) is 3.13. The molecule has 1 aromatic heterocycles. The normalized spacial score (nSPS) is 10.7. The highest BCUT2D eigenvalue weighted by Gasteiger charge is 2.10. The average Bonchev–Trinajstić information content (AvgIpc) is 2.32. The first-order chi connectivity index (χ1) is 7.69. The average molecular weight is 330 g/mol. The molecule has 2 rings (SSSR count). The molecule has 0 fully saturated rings. The fourth-order valence-corrected chi connectivity index (χ4v) is 2.30. The van der Waals surface area contributed by atoms with E-state index in [0.29, 0.717) is 21.1 Å². The maximum atomic E-state index is 12.1. The Morgan fingerprint density at radius 1 is 1.50 bits per heavy atom. The Bertz CT molecular complexity index is 592. The third-order valence-electron chi connectivity index (χ3n) is 2.50. The number of rotatable bonds is 2. The fourth-order valence-electron chi connectivity index (χ4n) is 1.62. The molecule has 0 atom stereocenters. The van der Waals surface area contributed by atoms with Crippen LogP contribution in [0.5, 0.6) is 5.75 Å². The number of benzene rings is 1. The highest BCUT2D eigenvalue weighted by molar-refractivity contribution is 14.1. The number of alkyl halides is 1. The highest BCUT2D eigenvalue weighted by Crippen LogP contribution is 2.20. The fraction of sp³-hybridized carbons (Fsp3) is 0.273. The van der Waals surface area contributed by atoms with Crippen LogP contribution in [0, 0.1) is 0 Å². The summed E-state index contributed by atoms with van der Waals surface area (Å²) in [6.07, 6.45) is 0. The molecule has 1 aromatic carbocycles. The first-order valence-electron chi connectivity index (χ1n) is 4.77. The van der Waals surface area contributed by atoms with Gasteiger partial charge in [-0.25, -0.2) is 4.98 Å². The number of fused-ring (bicyclic) bond motifs is 1. The van der Waals surface area contributed by atoms with E-state index in [1.54, 1.807) is 24.8 Å². The van der Waals surface area contributed by atoms with Gasteiger partial charge in [0, 0.05) is 7.05 Å². The van der Waals surface area contributed by atoms with E-state index >= 15 is 0 Å². The molecule has 0 aliphatic rings. The molecule has 0 spiro atoms. The van der Waals surface area contributed by atoms with Crippen LogP contribution in [0.3, 0.4) is 0 Å². The largest absolute Gasteiger partial charge is 0.496 e. The molecule has 84 valence electrons. The van der Waals surface area contributed by atoms with Crippen LogP contribution in [-0.2, 0) is 11.5 Å². The van der Waals surface area contributed by atoms with Gasteiger partial charge < -0.3 is 4.74 Å². The molecule has 0 saturated heterocycles. The van der Waals surface area contributed by atoms with Gasteiger partial charge in [0.25, 0.3) is 5.56 Å². The maximum absolute atomic E-state index is 12.1. The smallest absolute Gasteiger partial charge is 0.264 e. The van der Waals surface area contributed by atoms with Crippen molar-refractivity contribution in [3.8, 4) is 5.75 Å². The number of nitrogens with zero attached hydrogens (tertiary/aromatic N) is 2. The third kappa shape index (κ3) is 1.68. The van der Waals surface area contributed by atoms with E-state index in [-0.39, 0.29) is 5.56 Å². The van der Waals surface area contributed by atoms with E-state index < -0.39 is 0 Å². The zero-order valence-electron chi connectivity index (χ0n) is 9.03. The van der Waals surface area contributed by atoms with Crippen molar-refractivity contribution < 1.29 is 4.74 Å². The number of halogens is 1. The van der Waals surface area contributed by atoms with Gasteiger partial charge >= 0.3 is 0 Å². The van der Waals surface area contributed by atoms with E-state index in [2.05, 4.69) is 27.6 Å². The Hall–Kier alpha value is -1.11. The zero-order chi connectivity index (χ0) is 11.7. The minimum Gasteiger partial charge on any atom is -0.496 e. The number of hydrogen-bond acceptors (Lipinski definition) is 3. The van der Waals surface area contributed by atoms with Crippen molar-refractivity contribution >= 4 is 33.5 Å². The summed E-state index contributed by atoms with van der Waals surface area (Å²) in [6.45, 7) is 0. The van der Waals surface area contributed by atoms with Crippen LogP contribution in [0.15, 0.2) is 23.0 Å². The van der Waals surface area contributed by atoms with Gasteiger partial charge in [0.15, 0.2) is 0 Å². The molecule has 0 N–H and O–H groups in total. The molecule has 0 aliphatic carbocycles. The zero-order valence-corrected chi connectivity index (χ0v) is 11.2. The Morgan fingerprint density at radius 3 is 2.88 bits per heavy atom. The topological polar surface area (TPSA) is 44.1 Å². The summed E-state index contributed by atoms with van der Waals surface area (Å²) in [4.78, 5) is 16.6. The first kappa shape index (κ1) is 11.4. The van der Waals surface area contributed by atoms with E-state index in [1.807, 2.05) is 12.1 Å². The Morgan fingerprint density at radius 2 is 2.25 bits per heavy atom. The molecule has 0 saturated carbocycles. The van der Waals surface area contributed by atoms with Crippen LogP contribution in [0.4, 0.5) is 0 Å². The van der Waals surface area contributed by atoms with E-state index in [1.165, 1.54) is 0 Å². The molecule has 0 unspecified atom stereocenters. The van der Waals surface area contributed by atoms with Crippen molar-refractivity contribution in [2.24, 2.45) is 7.05 Å². The predicted molar refractivity (Wildman–Crippen MR) is 71.3 cm³/mol. The van der Waals surface area contributed by atoms with E-state index in [9.17, 15) is 4.79 Å². The van der Waals surface area contributed by atoms with E-state index in [0.717, 1.165) is 5.82 Å². The standard InChI is InChI=1S/C11H11IN2O2/c1-14-9(6-12)13-7-4-3-5-8(16-2)10(7)11(14)15/h3-5H,6H2,1-2H3. The lowest BCUT2D eigenvalue weighted by atomic mass is 10.2. The number of hydrogen-bond donors (Lipinski definition) is 0. The molecular formula is C11H11IN2O2. The molecule has 1 heterocycles. The van der Waals surface area contributed by atoms with Crippen molar-refractivity contribution in [3.05, 3.63) is 34.4 Å². The van der Waals surface area contributed by atoms with Crippen molar-refractivity contribution in [2.75, 3.05) is 7.11 Å². The van der Waals surface area contributed by atoms with Crippen LogP contribution < -0.4 is 10.3 Å². The second-order valence-electron chi connectivity index (χ2n) is 3.38. The molecule has 4 nitrogen and oxygen atoms in total. The summed E-state index contributed by atoms with van der Waals surface area (Å²) in [5.41, 5.74) is 0.628. The van der Waals surface area contributed by atoms with Gasteiger partial charge in [-0.05, 0) is 12.1 Å². The van der Waals surface area contributed by atoms with Crippen molar-refractivity contribution in [1.29, 1.82) is 0 Å². The molecule has 16 heavy (non-hydrogen) atoms. The molecule has 2 aromatic rings. The SMILES string of the molecule is COc1cccc2nc(CI)n(C)c(=O)c12. The Balaban J connectivity index is 2.93. The van der Waals surface area contributed by atoms with Gasteiger partial charge in [0.1, 0.15) is 17.0 Å². The molecule has 0 aliphatic heterocycles. The molecule has 0 radical (unpaired) electrons. The second kappa shape index (κ2) is 4.40. The van der Waals surface area contributed by atoms with Crippen LogP contribution in [0.25, 0.3) is 10.9 Å². The van der Waals surface area contributed by atoms with E-state index in [4.69, 9.17) is 4.74 Å². The lowest BCUT2D eigenvalue weighted by Crippen LogP contribution is -2.22. The summed E-state index contributed by atoms with van der Waals surface area (Å²) in [5, 5.41) is 0.543. The van der Waals surface area contributed by atoms with Gasteiger partial charge in [0.2, 0.25) is 0 Å². The highest BCUT2D eigenvalue weighted by atomic mass is 127. The van der Waals surface area contributed by atoms with Crippen molar-refractivity contribution in [3.63, 3.8) is 0 Å². The summed E-state index contributed by atoms with van der Waals surface area (Å²) < 4.78 is 7.45. The summed E-state index contributed by atoms with van der Waals surface area (Å²) >= 11 is 2.19. The van der Waals surface area contributed by atoms with Crippen LogP contribution in [-0.4, -0.2) is 16.7 Å².